The van der Waals surface area contributed by atoms with Crippen molar-refractivity contribution in [2.24, 2.45) is 0 Å². The third-order valence-corrected chi connectivity index (χ3v) is 1.47. The highest BCUT2D eigenvalue weighted by molar-refractivity contribution is 5.64. The minimum Gasteiger partial charge on any atom is -0.382 e. The second kappa shape index (κ2) is 1.73. The Hall–Kier alpha value is -1.51. The normalized spacial score (nSPS) is 10.4. The summed E-state index contributed by atoms with van der Waals surface area (Å²) >= 11 is 0. The number of anilines is 1. The van der Waals surface area contributed by atoms with Crippen molar-refractivity contribution in [2.75, 3.05) is 5.73 Å². The Morgan fingerprint density at radius 3 is 3.10 bits per heavy atom. The molecule has 0 aliphatic carbocycles. The molecule has 0 saturated carbocycles. The second-order valence-electron chi connectivity index (χ2n) is 2.12. The molecule has 0 radical (unpaired) electrons. The van der Waals surface area contributed by atoms with Crippen LogP contribution in [0, 0.1) is 0 Å². The van der Waals surface area contributed by atoms with Gasteiger partial charge in [0.1, 0.15) is 12.1 Å². The van der Waals surface area contributed by atoms with Crippen molar-refractivity contribution in [1.82, 2.24) is 9.38 Å². The highest BCUT2D eigenvalue weighted by Gasteiger charge is 1.94. The third kappa shape index (κ3) is 0.572. The fourth-order valence-electron chi connectivity index (χ4n) is 0.964. The molecule has 50 valence electrons. The van der Waals surface area contributed by atoms with E-state index in [9.17, 15) is 0 Å². The summed E-state index contributed by atoms with van der Waals surface area (Å²) in [6, 6.07) is 5.81. The van der Waals surface area contributed by atoms with Gasteiger partial charge in [-0.2, -0.15) is 0 Å². The SMILES string of the molecule is Nc1ncn2ccccc12. The van der Waals surface area contributed by atoms with E-state index in [2.05, 4.69) is 4.98 Å². The first-order valence-electron chi connectivity index (χ1n) is 3.05. The van der Waals surface area contributed by atoms with Gasteiger partial charge in [0.05, 0.1) is 5.52 Å². The lowest BCUT2D eigenvalue weighted by molar-refractivity contribution is 1.15. The number of aromatic nitrogens is 2. The molecule has 0 aromatic carbocycles. The summed E-state index contributed by atoms with van der Waals surface area (Å²) in [5.74, 6) is 0.584. The van der Waals surface area contributed by atoms with Crippen molar-refractivity contribution in [3.63, 3.8) is 0 Å². The van der Waals surface area contributed by atoms with Gasteiger partial charge in [-0.25, -0.2) is 4.98 Å². The van der Waals surface area contributed by atoms with Crippen molar-refractivity contribution in [2.45, 2.75) is 0 Å². The molecule has 0 fully saturated rings. The van der Waals surface area contributed by atoms with Gasteiger partial charge in [-0.05, 0) is 12.1 Å². The smallest absolute Gasteiger partial charge is 0.149 e. The van der Waals surface area contributed by atoms with E-state index >= 15 is 0 Å². The molecule has 2 heterocycles. The van der Waals surface area contributed by atoms with Crippen LogP contribution in [-0.2, 0) is 0 Å². The second-order valence-corrected chi connectivity index (χ2v) is 2.12. The first-order chi connectivity index (χ1) is 4.88. The number of hydrogen-bond acceptors (Lipinski definition) is 2. The van der Waals surface area contributed by atoms with Gasteiger partial charge < -0.3 is 10.1 Å². The molecule has 2 aromatic heterocycles. The zero-order valence-corrected chi connectivity index (χ0v) is 5.36. The van der Waals surface area contributed by atoms with Crippen LogP contribution in [0.25, 0.3) is 5.52 Å². The molecule has 3 nitrogen and oxygen atoms in total. The molecule has 0 bridgehead atoms. The molecular weight excluding hydrogens is 126 g/mol. The average Bonchev–Trinajstić information content (AvgIpc) is 2.34. The number of hydrogen-bond donors (Lipinski definition) is 1. The number of fused-ring (bicyclic) bond motifs is 1. The Morgan fingerprint density at radius 2 is 2.30 bits per heavy atom. The Balaban J connectivity index is 2.93. The zero-order chi connectivity index (χ0) is 6.97. The molecule has 0 aliphatic rings. The van der Waals surface area contributed by atoms with Crippen LogP contribution < -0.4 is 5.73 Å². The number of nitrogens with two attached hydrogens (primary N) is 1. The summed E-state index contributed by atoms with van der Waals surface area (Å²) in [5.41, 5.74) is 6.50. The van der Waals surface area contributed by atoms with Crippen LogP contribution in [0.15, 0.2) is 30.7 Å². The van der Waals surface area contributed by atoms with Gasteiger partial charge in [0.2, 0.25) is 0 Å². The summed E-state index contributed by atoms with van der Waals surface area (Å²) in [4.78, 5) is 3.94. The topological polar surface area (TPSA) is 43.3 Å². The summed E-state index contributed by atoms with van der Waals surface area (Å²) in [5, 5.41) is 0. The van der Waals surface area contributed by atoms with Crippen LogP contribution in [0.3, 0.4) is 0 Å². The maximum Gasteiger partial charge on any atom is 0.149 e. The summed E-state index contributed by atoms with van der Waals surface area (Å²) in [6.07, 6.45) is 3.61. The molecule has 0 atom stereocenters. The van der Waals surface area contributed by atoms with E-state index in [1.54, 1.807) is 6.33 Å². The molecule has 0 aliphatic heterocycles. The summed E-state index contributed by atoms with van der Waals surface area (Å²) < 4.78 is 1.88. The molecule has 2 aromatic rings. The van der Waals surface area contributed by atoms with E-state index in [0.717, 1.165) is 5.52 Å². The van der Waals surface area contributed by atoms with Crippen molar-refractivity contribution in [1.29, 1.82) is 0 Å². The zero-order valence-electron chi connectivity index (χ0n) is 5.36. The Labute approximate surface area is 58.1 Å². The number of nitrogen functional groups attached to an aromatic ring is 1. The predicted molar refractivity (Wildman–Crippen MR) is 39.6 cm³/mol. The van der Waals surface area contributed by atoms with Gasteiger partial charge >= 0.3 is 0 Å². The van der Waals surface area contributed by atoms with Crippen LogP contribution in [0.1, 0.15) is 0 Å². The number of imidazole rings is 1. The standard InChI is InChI=1S/C7H7N3/c8-7-6-3-1-2-4-10(6)5-9-7/h1-5H,8H2. The van der Waals surface area contributed by atoms with E-state index in [-0.39, 0.29) is 0 Å². The molecule has 0 unspecified atom stereocenters. The lowest BCUT2D eigenvalue weighted by Crippen LogP contribution is -1.84. The monoisotopic (exact) mass is 133 g/mol. The minimum absolute atomic E-state index is 0.584. The molecular formula is C7H7N3. The Morgan fingerprint density at radius 1 is 1.40 bits per heavy atom. The average molecular weight is 133 g/mol. The van der Waals surface area contributed by atoms with Gasteiger partial charge in [0.25, 0.3) is 0 Å². The van der Waals surface area contributed by atoms with E-state index < -0.39 is 0 Å². The van der Waals surface area contributed by atoms with Gasteiger partial charge in [-0.3, -0.25) is 0 Å². The van der Waals surface area contributed by atoms with Crippen molar-refractivity contribution in [3.05, 3.63) is 30.7 Å². The summed E-state index contributed by atoms with van der Waals surface area (Å²) in [7, 11) is 0. The van der Waals surface area contributed by atoms with Crippen LogP contribution in [0.5, 0.6) is 0 Å². The van der Waals surface area contributed by atoms with E-state index in [4.69, 9.17) is 5.73 Å². The molecule has 3 heteroatoms. The molecule has 2 rings (SSSR count). The number of rotatable bonds is 0. The first-order valence-corrected chi connectivity index (χ1v) is 3.05. The maximum atomic E-state index is 5.54. The summed E-state index contributed by atoms with van der Waals surface area (Å²) in [6.45, 7) is 0. The lowest BCUT2D eigenvalue weighted by atomic mass is 10.4. The highest BCUT2D eigenvalue weighted by atomic mass is 15.0. The fourth-order valence-corrected chi connectivity index (χ4v) is 0.964. The van der Waals surface area contributed by atoms with Crippen molar-refractivity contribution < 1.29 is 0 Å². The van der Waals surface area contributed by atoms with Crippen molar-refractivity contribution in [3.8, 4) is 0 Å². The number of nitrogens with zero attached hydrogens (tertiary/aromatic N) is 2. The Bertz CT molecular complexity index is 350. The van der Waals surface area contributed by atoms with E-state index in [1.165, 1.54) is 0 Å². The van der Waals surface area contributed by atoms with E-state index in [1.807, 2.05) is 28.8 Å². The molecule has 0 amide bonds. The molecule has 0 saturated heterocycles. The maximum absolute atomic E-state index is 5.54. The lowest BCUT2D eigenvalue weighted by Gasteiger charge is -1.89. The highest BCUT2D eigenvalue weighted by Crippen LogP contribution is 2.08. The van der Waals surface area contributed by atoms with Crippen molar-refractivity contribution >= 4 is 11.3 Å². The quantitative estimate of drug-likeness (QED) is 0.580. The van der Waals surface area contributed by atoms with Crippen LogP contribution >= 0.6 is 0 Å². The van der Waals surface area contributed by atoms with Gasteiger partial charge in [0.15, 0.2) is 0 Å². The third-order valence-electron chi connectivity index (χ3n) is 1.47. The van der Waals surface area contributed by atoms with Crippen LogP contribution in [-0.4, -0.2) is 9.38 Å². The first kappa shape index (κ1) is 5.29. The fraction of sp³-hybridized carbons (Fsp3) is 0. The van der Waals surface area contributed by atoms with Crippen LogP contribution in [0.4, 0.5) is 5.82 Å². The predicted octanol–water partition coefficient (Wildman–Crippen LogP) is 0.917. The van der Waals surface area contributed by atoms with Gasteiger partial charge in [0, 0.05) is 6.20 Å². The Kier molecular flexibility index (Phi) is 0.917. The molecule has 2 N–H and O–H groups in total. The molecule has 0 spiro atoms. The largest absolute Gasteiger partial charge is 0.382 e. The number of pyridine rings is 1. The molecule has 10 heavy (non-hydrogen) atoms. The van der Waals surface area contributed by atoms with E-state index in [0.29, 0.717) is 5.82 Å². The minimum atomic E-state index is 0.584. The van der Waals surface area contributed by atoms with Crippen LogP contribution in [0.2, 0.25) is 0 Å². The van der Waals surface area contributed by atoms with Gasteiger partial charge in [-0.15, -0.1) is 0 Å². The van der Waals surface area contributed by atoms with Gasteiger partial charge in [-0.1, -0.05) is 6.07 Å².